The van der Waals surface area contributed by atoms with E-state index in [0.717, 1.165) is 12.4 Å². The molecule has 1 heterocycles. The molecular formula is C8H9N3O6. The summed E-state index contributed by atoms with van der Waals surface area (Å²) in [6, 6.07) is -1.35. The Balaban J connectivity index is 3.26. The second-order valence-corrected chi connectivity index (χ2v) is 3.07. The van der Waals surface area contributed by atoms with E-state index in [1.165, 1.54) is 7.11 Å². The van der Waals surface area contributed by atoms with Gasteiger partial charge in [0.1, 0.15) is 6.20 Å². The highest BCUT2D eigenvalue weighted by atomic mass is 16.6. The van der Waals surface area contributed by atoms with Gasteiger partial charge in [0, 0.05) is 7.11 Å². The fourth-order valence-electron chi connectivity index (χ4n) is 1.17. The van der Waals surface area contributed by atoms with Crippen molar-refractivity contribution in [3.05, 3.63) is 33.0 Å². The molecule has 0 aliphatic heterocycles. The van der Waals surface area contributed by atoms with Crippen molar-refractivity contribution in [1.82, 2.24) is 9.55 Å². The van der Waals surface area contributed by atoms with E-state index in [9.17, 15) is 19.7 Å². The molecule has 1 aromatic rings. The summed E-state index contributed by atoms with van der Waals surface area (Å²) in [6.07, 6.45) is 1.59. The normalized spacial score (nSPS) is 12.1. The van der Waals surface area contributed by atoms with Gasteiger partial charge in [0.05, 0.1) is 17.7 Å². The Labute approximate surface area is 94.4 Å². The number of carbonyl (C=O) groups is 1. The van der Waals surface area contributed by atoms with Gasteiger partial charge in [0.25, 0.3) is 0 Å². The lowest BCUT2D eigenvalue weighted by atomic mass is 10.3. The summed E-state index contributed by atoms with van der Waals surface area (Å²) in [6.45, 7) is -0.294. The minimum absolute atomic E-state index is 0.294. The first-order valence-electron chi connectivity index (χ1n) is 4.41. The number of nitro groups is 1. The highest BCUT2D eigenvalue weighted by molar-refractivity contribution is 5.72. The number of carboxylic acid groups (broad SMARTS) is 1. The zero-order valence-electron chi connectivity index (χ0n) is 8.77. The Morgan fingerprint density at radius 2 is 2.41 bits per heavy atom. The molecule has 9 heteroatoms. The summed E-state index contributed by atoms with van der Waals surface area (Å²) >= 11 is 0. The van der Waals surface area contributed by atoms with Crippen molar-refractivity contribution in [3.63, 3.8) is 0 Å². The highest BCUT2D eigenvalue weighted by Crippen LogP contribution is 2.10. The third-order valence-corrected chi connectivity index (χ3v) is 1.96. The number of ether oxygens (including phenoxy) is 1. The van der Waals surface area contributed by atoms with Crippen molar-refractivity contribution in [2.45, 2.75) is 6.04 Å². The second kappa shape index (κ2) is 5.16. The van der Waals surface area contributed by atoms with Gasteiger partial charge in [0.2, 0.25) is 0 Å². The third kappa shape index (κ3) is 2.84. The molecule has 1 atom stereocenters. The maximum Gasteiger partial charge on any atom is 0.348 e. The lowest BCUT2D eigenvalue weighted by Crippen LogP contribution is -2.33. The molecule has 0 saturated heterocycles. The predicted octanol–water partition coefficient (Wildman–Crippen LogP) is -0.576. The van der Waals surface area contributed by atoms with E-state index in [1.54, 1.807) is 0 Å². The van der Waals surface area contributed by atoms with Crippen LogP contribution in [-0.4, -0.2) is 39.3 Å². The number of aromatic nitrogens is 2. The molecule has 17 heavy (non-hydrogen) atoms. The first-order valence-corrected chi connectivity index (χ1v) is 4.41. The van der Waals surface area contributed by atoms with Crippen LogP contribution in [0.1, 0.15) is 6.04 Å². The van der Waals surface area contributed by atoms with Crippen LogP contribution in [0.25, 0.3) is 0 Å². The molecule has 1 N–H and O–H groups in total. The van der Waals surface area contributed by atoms with Gasteiger partial charge in [-0.2, -0.15) is 4.98 Å². The number of rotatable bonds is 5. The van der Waals surface area contributed by atoms with Crippen LogP contribution in [0.15, 0.2) is 17.2 Å². The van der Waals surface area contributed by atoms with E-state index >= 15 is 0 Å². The summed E-state index contributed by atoms with van der Waals surface area (Å²) in [4.78, 5) is 35.2. The lowest BCUT2D eigenvalue weighted by molar-refractivity contribution is -0.385. The zero-order chi connectivity index (χ0) is 13.0. The van der Waals surface area contributed by atoms with E-state index < -0.39 is 28.3 Å². The number of hydrogen-bond donors (Lipinski definition) is 1. The van der Waals surface area contributed by atoms with Gasteiger partial charge in [-0.15, -0.1) is 0 Å². The summed E-state index contributed by atoms with van der Waals surface area (Å²) in [5.41, 5.74) is -1.35. The fraction of sp³-hybridized carbons (Fsp3) is 0.375. The molecule has 0 fully saturated rings. The SMILES string of the molecule is COCC(C(=O)O)n1cc([N+](=O)[O-])cnc1=O. The van der Waals surface area contributed by atoms with Gasteiger partial charge in [-0.1, -0.05) is 0 Å². The first-order chi connectivity index (χ1) is 7.97. The van der Waals surface area contributed by atoms with Crippen molar-refractivity contribution in [2.24, 2.45) is 0 Å². The Kier molecular flexibility index (Phi) is 3.88. The highest BCUT2D eigenvalue weighted by Gasteiger charge is 2.23. The molecule has 0 bridgehead atoms. The molecule has 0 aromatic carbocycles. The van der Waals surface area contributed by atoms with Gasteiger partial charge < -0.3 is 9.84 Å². The molecule has 1 aromatic heterocycles. The zero-order valence-corrected chi connectivity index (χ0v) is 8.77. The Morgan fingerprint density at radius 1 is 1.76 bits per heavy atom. The topological polar surface area (TPSA) is 125 Å². The maximum absolute atomic E-state index is 11.3. The average Bonchev–Trinajstić information content (AvgIpc) is 2.26. The van der Waals surface area contributed by atoms with Crippen molar-refractivity contribution in [3.8, 4) is 0 Å². The van der Waals surface area contributed by atoms with Gasteiger partial charge in [-0.3, -0.25) is 14.7 Å². The fourth-order valence-corrected chi connectivity index (χ4v) is 1.17. The van der Waals surface area contributed by atoms with Crippen LogP contribution in [0, 0.1) is 10.1 Å². The lowest BCUT2D eigenvalue weighted by Gasteiger charge is -2.13. The third-order valence-electron chi connectivity index (χ3n) is 1.96. The van der Waals surface area contributed by atoms with Crippen LogP contribution in [-0.2, 0) is 9.53 Å². The quantitative estimate of drug-likeness (QED) is 0.541. The van der Waals surface area contributed by atoms with Crippen LogP contribution in [0.3, 0.4) is 0 Å². The molecule has 0 aliphatic rings. The predicted molar refractivity (Wildman–Crippen MR) is 53.7 cm³/mol. The van der Waals surface area contributed by atoms with E-state index in [2.05, 4.69) is 9.72 Å². The summed E-state index contributed by atoms with van der Waals surface area (Å²) < 4.78 is 5.29. The monoisotopic (exact) mass is 243 g/mol. The molecular weight excluding hydrogens is 234 g/mol. The standard InChI is InChI=1S/C8H9N3O6/c1-17-4-6(7(12)13)10-3-5(11(15)16)2-9-8(10)14/h2-3,6H,4H2,1H3,(H,12,13). The Hall–Kier alpha value is -2.29. The van der Waals surface area contributed by atoms with Crippen molar-refractivity contribution in [1.29, 1.82) is 0 Å². The Morgan fingerprint density at radius 3 is 2.88 bits per heavy atom. The molecule has 0 aliphatic carbocycles. The second-order valence-electron chi connectivity index (χ2n) is 3.07. The van der Waals surface area contributed by atoms with Gasteiger partial charge in [0.15, 0.2) is 6.04 Å². The largest absolute Gasteiger partial charge is 0.480 e. The van der Waals surface area contributed by atoms with Crippen molar-refractivity contribution >= 4 is 11.7 Å². The first kappa shape index (κ1) is 12.8. The van der Waals surface area contributed by atoms with Crippen LogP contribution < -0.4 is 5.69 Å². The van der Waals surface area contributed by atoms with Gasteiger partial charge in [-0.05, 0) is 0 Å². The van der Waals surface area contributed by atoms with E-state index in [1.807, 2.05) is 0 Å². The van der Waals surface area contributed by atoms with Crippen LogP contribution >= 0.6 is 0 Å². The maximum atomic E-state index is 11.3. The van der Waals surface area contributed by atoms with Crippen LogP contribution in [0.4, 0.5) is 5.69 Å². The molecule has 9 nitrogen and oxygen atoms in total. The minimum Gasteiger partial charge on any atom is -0.480 e. The average molecular weight is 243 g/mol. The summed E-state index contributed by atoms with van der Waals surface area (Å²) in [7, 11) is 1.26. The summed E-state index contributed by atoms with van der Waals surface area (Å²) in [5.74, 6) is -1.34. The summed E-state index contributed by atoms with van der Waals surface area (Å²) in [5, 5.41) is 19.4. The van der Waals surface area contributed by atoms with E-state index in [0.29, 0.717) is 4.57 Å². The molecule has 0 spiro atoms. The molecule has 0 radical (unpaired) electrons. The number of aliphatic carboxylic acids is 1. The molecule has 0 amide bonds. The van der Waals surface area contributed by atoms with Crippen LogP contribution in [0.5, 0.6) is 0 Å². The molecule has 1 rings (SSSR count). The molecule has 92 valence electrons. The number of nitrogens with zero attached hydrogens (tertiary/aromatic N) is 3. The minimum atomic E-state index is -1.35. The van der Waals surface area contributed by atoms with Gasteiger partial charge >= 0.3 is 17.3 Å². The molecule has 0 saturated carbocycles. The van der Waals surface area contributed by atoms with Crippen LogP contribution in [0.2, 0.25) is 0 Å². The smallest absolute Gasteiger partial charge is 0.348 e. The molecule has 1 unspecified atom stereocenters. The number of methoxy groups -OCH3 is 1. The number of carboxylic acids is 1. The van der Waals surface area contributed by atoms with Crippen molar-refractivity contribution < 1.29 is 19.6 Å². The number of hydrogen-bond acceptors (Lipinski definition) is 6. The van der Waals surface area contributed by atoms with Crippen molar-refractivity contribution in [2.75, 3.05) is 13.7 Å². The van der Waals surface area contributed by atoms with E-state index in [4.69, 9.17) is 5.11 Å². The van der Waals surface area contributed by atoms with E-state index in [-0.39, 0.29) is 6.61 Å². The van der Waals surface area contributed by atoms with Gasteiger partial charge in [-0.25, -0.2) is 9.59 Å². The Bertz CT molecular complexity index is 496.